The number of halogens is 1. The first kappa shape index (κ1) is 13.1. The van der Waals surface area contributed by atoms with Crippen molar-refractivity contribution in [2.75, 3.05) is 5.01 Å². The number of hydrazine groups is 1. The maximum Gasteiger partial charge on any atom is 0.282 e. The summed E-state index contributed by atoms with van der Waals surface area (Å²) >= 11 is 0. The Bertz CT molecular complexity index is 741. The van der Waals surface area contributed by atoms with Crippen LogP contribution in [0.25, 0.3) is 6.08 Å². The van der Waals surface area contributed by atoms with Crippen LogP contribution >= 0.6 is 0 Å². The van der Waals surface area contributed by atoms with E-state index in [0.717, 1.165) is 10.6 Å². The highest BCUT2D eigenvalue weighted by molar-refractivity contribution is 6.31. The van der Waals surface area contributed by atoms with Gasteiger partial charge in [-0.2, -0.15) is 0 Å². The highest BCUT2D eigenvalue weighted by atomic mass is 19.1. The molecule has 1 aliphatic heterocycles. The van der Waals surface area contributed by atoms with Crippen molar-refractivity contribution in [1.82, 2.24) is 5.43 Å². The Morgan fingerprint density at radius 1 is 1.00 bits per heavy atom. The molecular weight excluding hydrogens is 271 g/mol. The average molecular weight is 282 g/mol. The summed E-state index contributed by atoms with van der Waals surface area (Å²) in [4.78, 5) is 24.2. The predicted octanol–water partition coefficient (Wildman–Crippen LogP) is 2.29. The zero-order chi connectivity index (χ0) is 14.8. The van der Waals surface area contributed by atoms with E-state index in [4.69, 9.17) is 0 Å². The van der Waals surface area contributed by atoms with Crippen LogP contribution in [0.4, 0.5) is 10.1 Å². The molecule has 5 heteroatoms. The lowest BCUT2D eigenvalue weighted by Gasteiger charge is -2.14. The van der Waals surface area contributed by atoms with Crippen LogP contribution in [0.15, 0.2) is 60.2 Å². The Morgan fingerprint density at radius 3 is 2.48 bits per heavy atom. The van der Waals surface area contributed by atoms with E-state index in [-0.39, 0.29) is 11.3 Å². The van der Waals surface area contributed by atoms with E-state index in [2.05, 4.69) is 5.43 Å². The Hall–Kier alpha value is -2.95. The molecule has 1 fully saturated rings. The topological polar surface area (TPSA) is 49.4 Å². The quantitative estimate of drug-likeness (QED) is 0.678. The molecule has 1 heterocycles. The molecule has 0 spiro atoms. The van der Waals surface area contributed by atoms with Gasteiger partial charge in [-0.1, -0.05) is 36.4 Å². The van der Waals surface area contributed by atoms with E-state index in [1.807, 2.05) is 18.2 Å². The van der Waals surface area contributed by atoms with Gasteiger partial charge in [0.2, 0.25) is 0 Å². The Kier molecular flexibility index (Phi) is 3.23. The summed E-state index contributed by atoms with van der Waals surface area (Å²) in [7, 11) is 0. The van der Waals surface area contributed by atoms with Gasteiger partial charge in [0, 0.05) is 0 Å². The number of anilines is 1. The van der Waals surface area contributed by atoms with Crippen molar-refractivity contribution in [2.45, 2.75) is 0 Å². The third kappa shape index (κ3) is 2.53. The van der Waals surface area contributed by atoms with Gasteiger partial charge in [0.1, 0.15) is 11.4 Å². The van der Waals surface area contributed by atoms with Crippen molar-refractivity contribution < 1.29 is 14.0 Å². The van der Waals surface area contributed by atoms with Crippen LogP contribution in [0.1, 0.15) is 5.56 Å². The van der Waals surface area contributed by atoms with Crippen LogP contribution in [-0.2, 0) is 9.59 Å². The van der Waals surface area contributed by atoms with Crippen molar-refractivity contribution in [3.05, 3.63) is 71.6 Å². The van der Waals surface area contributed by atoms with Gasteiger partial charge in [0.15, 0.2) is 0 Å². The molecule has 2 aromatic rings. The molecular formula is C16H11FN2O2. The lowest BCUT2D eigenvalue weighted by Crippen LogP contribution is -2.35. The molecule has 1 N–H and O–H groups in total. The zero-order valence-corrected chi connectivity index (χ0v) is 10.9. The van der Waals surface area contributed by atoms with Gasteiger partial charge in [-0.15, -0.1) is 0 Å². The fourth-order valence-electron chi connectivity index (χ4n) is 2.07. The fourth-order valence-corrected chi connectivity index (χ4v) is 2.07. The van der Waals surface area contributed by atoms with E-state index in [0.29, 0.717) is 0 Å². The first-order chi connectivity index (χ1) is 10.1. The van der Waals surface area contributed by atoms with Crippen LogP contribution in [0.2, 0.25) is 0 Å². The third-order valence-electron chi connectivity index (χ3n) is 3.07. The summed E-state index contributed by atoms with van der Waals surface area (Å²) in [5, 5.41) is 1.04. The second-order valence-electron chi connectivity index (χ2n) is 4.53. The van der Waals surface area contributed by atoms with Gasteiger partial charge in [0.25, 0.3) is 11.8 Å². The summed E-state index contributed by atoms with van der Waals surface area (Å²) in [6, 6.07) is 14.5. The number of carbonyl (C=O) groups excluding carboxylic acids is 2. The summed E-state index contributed by atoms with van der Waals surface area (Å²) < 4.78 is 13.2. The second-order valence-corrected chi connectivity index (χ2v) is 4.53. The molecule has 2 amide bonds. The normalized spacial score (nSPS) is 16.4. The van der Waals surface area contributed by atoms with E-state index in [1.165, 1.54) is 24.3 Å². The summed E-state index contributed by atoms with van der Waals surface area (Å²) in [6.45, 7) is 0. The molecule has 0 atom stereocenters. The molecule has 1 saturated heterocycles. The molecule has 0 unspecified atom stereocenters. The average Bonchev–Trinajstić information content (AvgIpc) is 2.76. The smallest absolute Gasteiger partial charge is 0.267 e. The number of amides is 2. The number of hydrogen-bond acceptors (Lipinski definition) is 2. The largest absolute Gasteiger partial charge is 0.282 e. The highest BCUT2D eigenvalue weighted by Gasteiger charge is 2.34. The minimum absolute atomic E-state index is 0.0189. The number of benzene rings is 2. The molecule has 0 aromatic heterocycles. The number of hydrogen-bond donors (Lipinski definition) is 1. The van der Waals surface area contributed by atoms with E-state index >= 15 is 0 Å². The highest BCUT2D eigenvalue weighted by Crippen LogP contribution is 2.21. The maximum atomic E-state index is 13.2. The summed E-state index contributed by atoms with van der Waals surface area (Å²) in [5.41, 5.74) is 3.48. The Labute approximate surface area is 120 Å². The monoisotopic (exact) mass is 282 g/mol. The standard InChI is InChI=1S/C16H11FN2O2/c17-12-7-4-8-13(10-12)19-16(21)14(15(20)18-19)9-11-5-2-1-3-6-11/h1-10H,(H,18,20)/b14-9+. The van der Waals surface area contributed by atoms with Crippen molar-refractivity contribution in [1.29, 1.82) is 0 Å². The number of nitrogens with one attached hydrogen (secondary N) is 1. The lowest BCUT2D eigenvalue weighted by molar-refractivity contribution is -0.117. The van der Waals surface area contributed by atoms with Crippen LogP contribution in [0.5, 0.6) is 0 Å². The van der Waals surface area contributed by atoms with Gasteiger partial charge in [-0.25, -0.2) is 9.40 Å². The summed E-state index contributed by atoms with van der Waals surface area (Å²) in [5.74, 6) is -1.49. The van der Waals surface area contributed by atoms with Crippen molar-refractivity contribution in [3.8, 4) is 0 Å². The number of rotatable bonds is 2. The minimum Gasteiger partial charge on any atom is -0.267 e. The van der Waals surface area contributed by atoms with Crippen LogP contribution in [0, 0.1) is 5.82 Å². The van der Waals surface area contributed by atoms with Crippen molar-refractivity contribution >= 4 is 23.6 Å². The zero-order valence-electron chi connectivity index (χ0n) is 10.9. The van der Waals surface area contributed by atoms with Crippen molar-refractivity contribution in [3.63, 3.8) is 0 Å². The van der Waals surface area contributed by atoms with Gasteiger partial charge >= 0.3 is 0 Å². The third-order valence-corrected chi connectivity index (χ3v) is 3.07. The predicted molar refractivity (Wildman–Crippen MR) is 76.4 cm³/mol. The van der Waals surface area contributed by atoms with Gasteiger partial charge in [-0.3, -0.25) is 15.0 Å². The van der Waals surface area contributed by atoms with E-state index < -0.39 is 17.6 Å². The van der Waals surface area contributed by atoms with Gasteiger partial charge in [0.05, 0.1) is 5.69 Å². The lowest BCUT2D eigenvalue weighted by atomic mass is 10.1. The van der Waals surface area contributed by atoms with E-state index in [1.54, 1.807) is 18.2 Å². The number of nitrogens with zero attached hydrogens (tertiary/aromatic N) is 1. The SMILES string of the molecule is O=C1NN(c2cccc(F)c2)C(=O)/C1=C/c1ccccc1. The minimum atomic E-state index is -0.506. The molecule has 0 saturated carbocycles. The molecule has 0 bridgehead atoms. The molecule has 0 aliphatic carbocycles. The first-order valence-corrected chi connectivity index (χ1v) is 6.33. The van der Waals surface area contributed by atoms with Crippen LogP contribution < -0.4 is 10.4 Å². The van der Waals surface area contributed by atoms with E-state index in [9.17, 15) is 14.0 Å². The second kappa shape index (κ2) is 5.20. The summed E-state index contributed by atoms with van der Waals surface area (Å²) in [6.07, 6.45) is 1.51. The molecule has 1 aliphatic rings. The molecule has 4 nitrogen and oxygen atoms in total. The Morgan fingerprint density at radius 2 is 1.76 bits per heavy atom. The van der Waals surface area contributed by atoms with Crippen LogP contribution in [0.3, 0.4) is 0 Å². The fraction of sp³-hybridized carbons (Fsp3) is 0. The first-order valence-electron chi connectivity index (χ1n) is 6.33. The molecule has 0 radical (unpaired) electrons. The molecule has 2 aromatic carbocycles. The van der Waals surface area contributed by atoms with Crippen molar-refractivity contribution in [2.24, 2.45) is 0 Å². The number of carbonyl (C=O) groups is 2. The molecule has 21 heavy (non-hydrogen) atoms. The maximum absolute atomic E-state index is 13.2. The van der Waals surface area contributed by atoms with Crippen LogP contribution in [-0.4, -0.2) is 11.8 Å². The Balaban J connectivity index is 1.94. The molecule has 3 rings (SSSR count). The van der Waals surface area contributed by atoms with Gasteiger partial charge < -0.3 is 0 Å². The van der Waals surface area contributed by atoms with Gasteiger partial charge in [-0.05, 0) is 29.8 Å². The molecule has 104 valence electrons.